The molecule has 0 spiro atoms. The van der Waals surface area contributed by atoms with Crippen molar-refractivity contribution in [3.8, 4) is 11.5 Å². The Morgan fingerprint density at radius 1 is 1.19 bits per heavy atom. The first-order chi connectivity index (χ1) is 15.4. The van der Waals surface area contributed by atoms with Crippen LogP contribution in [0.4, 0.5) is 13.2 Å². The molecule has 1 aromatic carbocycles. The number of amides is 1. The maximum absolute atomic E-state index is 14.0. The van der Waals surface area contributed by atoms with Gasteiger partial charge in [0.25, 0.3) is 5.89 Å². The fourth-order valence-electron chi connectivity index (χ4n) is 5.11. The fraction of sp³-hybridized carbons (Fsp3) is 0.591. The van der Waals surface area contributed by atoms with Crippen LogP contribution in [0.15, 0.2) is 28.7 Å². The van der Waals surface area contributed by atoms with E-state index in [0.717, 1.165) is 0 Å². The second-order valence-electron chi connectivity index (χ2n) is 9.03. The van der Waals surface area contributed by atoms with Crippen molar-refractivity contribution in [2.45, 2.75) is 68.6 Å². The predicted molar refractivity (Wildman–Crippen MR) is 109 cm³/mol. The van der Waals surface area contributed by atoms with Gasteiger partial charge in [0.05, 0.1) is 11.6 Å². The number of rotatable bonds is 5. The molecule has 2 N–H and O–H groups in total. The molecule has 0 radical (unpaired) electrons. The monoisotopic (exact) mass is 449 g/mol. The van der Waals surface area contributed by atoms with Crippen LogP contribution in [0, 0.1) is 5.82 Å². The Morgan fingerprint density at radius 2 is 1.97 bits per heavy atom. The summed E-state index contributed by atoms with van der Waals surface area (Å²) in [7, 11) is 0. The van der Waals surface area contributed by atoms with Crippen molar-refractivity contribution >= 4 is 5.91 Å². The first-order valence-electron chi connectivity index (χ1n) is 11.1. The molecule has 1 aliphatic carbocycles. The maximum atomic E-state index is 14.0. The summed E-state index contributed by atoms with van der Waals surface area (Å²) < 4.78 is 46.6. The quantitative estimate of drug-likeness (QED) is 0.730. The number of nitrogens with zero attached hydrogens (tertiary/aromatic N) is 3. The van der Waals surface area contributed by atoms with Crippen molar-refractivity contribution in [2.24, 2.45) is 0 Å². The van der Waals surface area contributed by atoms with E-state index in [-0.39, 0.29) is 54.4 Å². The first kappa shape index (κ1) is 21.4. The fourth-order valence-corrected chi connectivity index (χ4v) is 5.11. The van der Waals surface area contributed by atoms with E-state index in [1.165, 1.54) is 6.07 Å². The molecule has 1 aromatic heterocycles. The molecular weight excluding hydrogens is 423 g/mol. The van der Waals surface area contributed by atoms with Crippen LogP contribution in [0.2, 0.25) is 0 Å². The lowest BCUT2D eigenvalue weighted by Gasteiger charge is -2.36. The van der Waals surface area contributed by atoms with Gasteiger partial charge in [0.15, 0.2) is 0 Å². The van der Waals surface area contributed by atoms with Crippen LogP contribution in [0.25, 0.3) is 11.5 Å². The number of hydrogen-bond acceptors (Lipinski definition) is 6. The van der Waals surface area contributed by atoms with E-state index in [4.69, 9.17) is 4.42 Å². The van der Waals surface area contributed by atoms with Crippen LogP contribution >= 0.6 is 0 Å². The van der Waals surface area contributed by atoms with Crippen LogP contribution in [-0.2, 0) is 11.2 Å². The molecule has 0 unspecified atom stereocenters. The SMILES string of the molecule is O=C1NC[C@@H](Cc2nnc(-c3ccccc3F)o2)N2C[C@@H](NC3CCC(F)(F)CC3)C[C@@H]12. The van der Waals surface area contributed by atoms with E-state index in [0.29, 0.717) is 44.7 Å². The third-order valence-electron chi connectivity index (χ3n) is 6.79. The Kier molecular flexibility index (Phi) is 5.66. The number of piperazine rings is 1. The number of alkyl halides is 2. The summed E-state index contributed by atoms with van der Waals surface area (Å²) in [5, 5.41) is 14.5. The molecule has 3 fully saturated rings. The van der Waals surface area contributed by atoms with Crippen molar-refractivity contribution in [1.29, 1.82) is 0 Å². The van der Waals surface area contributed by atoms with E-state index in [1.54, 1.807) is 18.2 Å². The van der Waals surface area contributed by atoms with Gasteiger partial charge in [0.1, 0.15) is 5.82 Å². The summed E-state index contributed by atoms with van der Waals surface area (Å²) in [6.07, 6.45) is 1.79. The third-order valence-corrected chi connectivity index (χ3v) is 6.79. The van der Waals surface area contributed by atoms with E-state index in [2.05, 4.69) is 25.7 Å². The molecule has 172 valence electrons. The van der Waals surface area contributed by atoms with Gasteiger partial charge < -0.3 is 15.1 Å². The molecule has 3 aliphatic rings. The van der Waals surface area contributed by atoms with Gasteiger partial charge in [-0.15, -0.1) is 10.2 Å². The minimum Gasteiger partial charge on any atom is -0.421 e. The highest BCUT2D eigenvalue weighted by molar-refractivity contribution is 5.83. The summed E-state index contributed by atoms with van der Waals surface area (Å²) >= 11 is 0. The largest absolute Gasteiger partial charge is 0.421 e. The highest BCUT2D eigenvalue weighted by Gasteiger charge is 2.45. The van der Waals surface area contributed by atoms with Crippen molar-refractivity contribution < 1.29 is 22.4 Å². The molecule has 3 heterocycles. The van der Waals surface area contributed by atoms with E-state index >= 15 is 0 Å². The smallest absolute Gasteiger partial charge is 0.250 e. The highest BCUT2D eigenvalue weighted by Crippen LogP contribution is 2.34. The summed E-state index contributed by atoms with van der Waals surface area (Å²) in [4.78, 5) is 14.6. The van der Waals surface area contributed by atoms with Crippen LogP contribution in [0.1, 0.15) is 38.0 Å². The van der Waals surface area contributed by atoms with Gasteiger partial charge in [-0.05, 0) is 31.4 Å². The number of carbonyl (C=O) groups is 1. The van der Waals surface area contributed by atoms with Gasteiger partial charge in [-0.25, -0.2) is 13.2 Å². The summed E-state index contributed by atoms with van der Waals surface area (Å²) in [6.45, 7) is 1.11. The zero-order valence-corrected chi connectivity index (χ0v) is 17.6. The predicted octanol–water partition coefficient (Wildman–Crippen LogP) is 2.53. The molecule has 2 aliphatic heterocycles. The lowest BCUT2D eigenvalue weighted by Crippen LogP contribution is -2.58. The molecule has 3 atom stereocenters. The van der Waals surface area contributed by atoms with Gasteiger partial charge in [0, 0.05) is 50.5 Å². The molecule has 0 bridgehead atoms. The average molecular weight is 449 g/mol. The number of nitrogens with one attached hydrogen (secondary N) is 2. The first-order valence-corrected chi connectivity index (χ1v) is 11.1. The maximum Gasteiger partial charge on any atom is 0.250 e. The van der Waals surface area contributed by atoms with Crippen molar-refractivity contribution in [2.75, 3.05) is 13.1 Å². The van der Waals surface area contributed by atoms with Crippen LogP contribution in [-0.4, -0.2) is 64.2 Å². The van der Waals surface area contributed by atoms with E-state index in [1.807, 2.05) is 0 Å². The van der Waals surface area contributed by atoms with Crippen LogP contribution in [0.3, 0.4) is 0 Å². The lowest BCUT2D eigenvalue weighted by atomic mass is 9.91. The van der Waals surface area contributed by atoms with Gasteiger partial charge >= 0.3 is 0 Å². The Labute approximate surface area is 183 Å². The van der Waals surface area contributed by atoms with Gasteiger partial charge in [-0.2, -0.15) is 0 Å². The second-order valence-corrected chi connectivity index (χ2v) is 9.03. The molecule has 1 saturated carbocycles. The topological polar surface area (TPSA) is 83.3 Å². The normalized spacial score (nSPS) is 28.5. The zero-order chi connectivity index (χ0) is 22.3. The molecular formula is C22H26F3N5O2. The molecule has 32 heavy (non-hydrogen) atoms. The number of carbonyl (C=O) groups excluding carboxylic acids is 1. The molecule has 2 aromatic rings. The van der Waals surface area contributed by atoms with Crippen molar-refractivity contribution in [1.82, 2.24) is 25.7 Å². The molecule has 10 heteroatoms. The van der Waals surface area contributed by atoms with Crippen LogP contribution < -0.4 is 10.6 Å². The summed E-state index contributed by atoms with van der Waals surface area (Å²) in [6, 6.07) is 6.04. The van der Waals surface area contributed by atoms with Crippen molar-refractivity contribution in [3.05, 3.63) is 36.0 Å². The number of halogens is 3. The number of benzene rings is 1. The molecule has 1 amide bonds. The van der Waals surface area contributed by atoms with Crippen LogP contribution in [0.5, 0.6) is 0 Å². The van der Waals surface area contributed by atoms with Gasteiger partial charge in [-0.1, -0.05) is 12.1 Å². The lowest BCUT2D eigenvalue weighted by molar-refractivity contribution is -0.129. The Bertz CT molecular complexity index is 974. The van der Waals surface area contributed by atoms with Crippen molar-refractivity contribution in [3.63, 3.8) is 0 Å². The standard InChI is InChI=1S/C22H26F3N5O2/c23-17-4-2-1-3-16(17)21-29-28-19(32-21)10-15-11-26-20(31)18-9-14(12-30(15)18)27-13-5-7-22(24,25)8-6-13/h1-4,13-15,18,27H,5-12H2,(H,26,31)/t14-,15+,18-/m0/s1. The number of aromatic nitrogens is 2. The Balaban J connectivity index is 1.23. The highest BCUT2D eigenvalue weighted by atomic mass is 19.3. The molecule has 5 rings (SSSR count). The number of hydrogen-bond donors (Lipinski definition) is 2. The minimum atomic E-state index is -2.55. The zero-order valence-electron chi connectivity index (χ0n) is 17.6. The van der Waals surface area contributed by atoms with E-state index < -0.39 is 11.7 Å². The minimum absolute atomic E-state index is 0.0155. The average Bonchev–Trinajstić information content (AvgIpc) is 3.40. The molecule has 7 nitrogen and oxygen atoms in total. The second kappa shape index (κ2) is 8.47. The Morgan fingerprint density at radius 3 is 2.75 bits per heavy atom. The number of fused-ring (bicyclic) bond motifs is 1. The molecule has 2 saturated heterocycles. The summed E-state index contributed by atoms with van der Waals surface area (Å²) in [5.41, 5.74) is 0.254. The van der Waals surface area contributed by atoms with E-state index in [9.17, 15) is 18.0 Å². The van der Waals surface area contributed by atoms with Gasteiger partial charge in [0.2, 0.25) is 17.7 Å². The Hall–Kier alpha value is -2.46. The third kappa shape index (κ3) is 4.38. The van der Waals surface area contributed by atoms with Gasteiger partial charge in [-0.3, -0.25) is 9.69 Å². The summed E-state index contributed by atoms with van der Waals surface area (Å²) in [5.74, 6) is -2.49.